The number of anilines is 1. The summed E-state index contributed by atoms with van der Waals surface area (Å²) in [7, 11) is 1.59. The fraction of sp³-hybridized carbons (Fsp3) is 0.632. The minimum atomic E-state index is -0.796. The van der Waals surface area contributed by atoms with Gasteiger partial charge in [0.1, 0.15) is 11.4 Å². The normalized spacial score (nSPS) is 14.9. The number of hydrogen-bond acceptors (Lipinski definition) is 3. The Labute approximate surface area is 140 Å². The second-order valence-corrected chi connectivity index (χ2v) is 6.31. The van der Waals surface area contributed by atoms with Crippen LogP contribution < -0.4 is 10.1 Å². The zero-order valence-corrected chi connectivity index (χ0v) is 15.4. The molecule has 1 aromatic rings. The number of benzene rings is 1. The maximum absolute atomic E-state index is 12.5. The van der Waals surface area contributed by atoms with E-state index in [9.17, 15) is 4.79 Å². The maximum Gasteiger partial charge on any atom is 0.256 e. The van der Waals surface area contributed by atoms with E-state index in [1.807, 2.05) is 39.0 Å². The summed E-state index contributed by atoms with van der Waals surface area (Å²) in [5.74, 6) is 0.751. The molecule has 23 heavy (non-hydrogen) atoms. The van der Waals surface area contributed by atoms with E-state index in [1.165, 1.54) is 0 Å². The highest BCUT2D eigenvalue weighted by Crippen LogP contribution is 2.25. The van der Waals surface area contributed by atoms with Gasteiger partial charge in [-0.2, -0.15) is 0 Å². The van der Waals surface area contributed by atoms with Crippen LogP contribution in [0.3, 0.4) is 0 Å². The van der Waals surface area contributed by atoms with E-state index in [2.05, 4.69) is 19.2 Å². The van der Waals surface area contributed by atoms with E-state index in [0.29, 0.717) is 6.42 Å². The Kier molecular flexibility index (Phi) is 7.56. The standard InChI is InChI=1S/C19H31NO3/c1-7-9-12-19(5,22-6)18(21)20-16-10-11-17(14(3)13-16)23-15(4)8-2/h10-11,13,15H,7-9,12H2,1-6H3,(H,20,21)/t15-,19+/m0/s1. The van der Waals surface area contributed by atoms with Crippen LogP contribution in [0.25, 0.3) is 0 Å². The first kappa shape index (κ1) is 19.5. The van der Waals surface area contributed by atoms with Crippen LogP contribution in [0, 0.1) is 6.92 Å². The third kappa shape index (κ3) is 5.54. The molecule has 1 rings (SSSR count). The lowest BCUT2D eigenvalue weighted by atomic mass is 9.97. The Morgan fingerprint density at radius 3 is 2.57 bits per heavy atom. The molecule has 1 N–H and O–H groups in total. The van der Waals surface area contributed by atoms with Crippen LogP contribution in [0.2, 0.25) is 0 Å². The lowest BCUT2D eigenvalue weighted by molar-refractivity contribution is -0.136. The Morgan fingerprint density at radius 1 is 1.35 bits per heavy atom. The minimum absolute atomic E-state index is 0.108. The molecule has 0 radical (unpaired) electrons. The molecule has 0 aromatic heterocycles. The van der Waals surface area contributed by atoms with E-state index >= 15 is 0 Å². The number of unbranched alkanes of at least 4 members (excludes halogenated alkanes) is 1. The molecule has 0 heterocycles. The summed E-state index contributed by atoms with van der Waals surface area (Å²) in [4.78, 5) is 12.5. The van der Waals surface area contributed by atoms with Gasteiger partial charge in [-0.25, -0.2) is 0 Å². The summed E-state index contributed by atoms with van der Waals surface area (Å²) in [5, 5.41) is 2.96. The molecule has 4 heteroatoms. The lowest BCUT2D eigenvalue weighted by Gasteiger charge is -2.27. The first-order valence-electron chi connectivity index (χ1n) is 8.50. The van der Waals surface area contributed by atoms with E-state index in [4.69, 9.17) is 9.47 Å². The number of ether oxygens (including phenoxy) is 2. The highest BCUT2D eigenvalue weighted by atomic mass is 16.5. The Hall–Kier alpha value is -1.55. The molecule has 0 fully saturated rings. The molecule has 0 aliphatic rings. The van der Waals surface area contributed by atoms with E-state index in [1.54, 1.807) is 7.11 Å². The van der Waals surface area contributed by atoms with Crippen LogP contribution in [0.1, 0.15) is 58.9 Å². The SMILES string of the molecule is CCCC[C@@](C)(OC)C(=O)Nc1ccc(O[C@@H](C)CC)c(C)c1. The summed E-state index contributed by atoms with van der Waals surface area (Å²) in [6, 6.07) is 5.72. The number of aryl methyl sites for hydroxylation is 1. The van der Waals surface area contributed by atoms with Crippen LogP contribution in [-0.2, 0) is 9.53 Å². The van der Waals surface area contributed by atoms with Crippen LogP contribution in [0.15, 0.2) is 18.2 Å². The van der Waals surface area contributed by atoms with Crippen LogP contribution in [0.5, 0.6) is 5.75 Å². The fourth-order valence-corrected chi connectivity index (χ4v) is 2.25. The highest BCUT2D eigenvalue weighted by molar-refractivity contribution is 5.97. The second kappa shape index (κ2) is 8.92. The molecule has 1 amide bonds. The molecule has 130 valence electrons. The Balaban J connectivity index is 2.80. The highest BCUT2D eigenvalue weighted by Gasteiger charge is 2.32. The largest absolute Gasteiger partial charge is 0.490 e. The zero-order chi connectivity index (χ0) is 17.5. The number of amides is 1. The molecule has 4 nitrogen and oxygen atoms in total. The van der Waals surface area contributed by atoms with E-state index < -0.39 is 5.60 Å². The molecule has 0 spiro atoms. The van der Waals surface area contributed by atoms with Crippen LogP contribution in [-0.4, -0.2) is 24.7 Å². The van der Waals surface area contributed by atoms with Gasteiger partial charge in [0.05, 0.1) is 6.10 Å². The number of methoxy groups -OCH3 is 1. The van der Waals surface area contributed by atoms with Gasteiger partial charge in [-0.15, -0.1) is 0 Å². The summed E-state index contributed by atoms with van der Waals surface area (Å²) in [5.41, 5.74) is 0.982. The third-order valence-corrected chi connectivity index (χ3v) is 4.27. The molecular weight excluding hydrogens is 290 g/mol. The third-order valence-electron chi connectivity index (χ3n) is 4.27. The zero-order valence-electron chi connectivity index (χ0n) is 15.4. The summed E-state index contributed by atoms with van der Waals surface area (Å²) >= 11 is 0. The predicted molar refractivity (Wildman–Crippen MR) is 95.1 cm³/mol. The van der Waals surface area contributed by atoms with E-state index in [0.717, 1.165) is 36.3 Å². The fourth-order valence-electron chi connectivity index (χ4n) is 2.25. The maximum atomic E-state index is 12.5. The van der Waals surface area contributed by atoms with Crippen LogP contribution >= 0.6 is 0 Å². The number of rotatable bonds is 9. The van der Waals surface area contributed by atoms with Crippen molar-refractivity contribution in [1.29, 1.82) is 0 Å². The van der Waals surface area contributed by atoms with Crippen molar-refractivity contribution in [3.63, 3.8) is 0 Å². The molecule has 0 aliphatic heterocycles. The molecule has 0 unspecified atom stereocenters. The van der Waals surface area contributed by atoms with Crippen molar-refractivity contribution >= 4 is 11.6 Å². The molecule has 0 bridgehead atoms. The van der Waals surface area contributed by atoms with Gasteiger partial charge in [0, 0.05) is 12.8 Å². The predicted octanol–water partition coefficient (Wildman–Crippen LogP) is 4.71. The van der Waals surface area contributed by atoms with Gasteiger partial charge >= 0.3 is 0 Å². The van der Waals surface area contributed by atoms with Crippen molar-refractivity contribution in [2.24, 2.45) is 0 Å². The number of hydrogen-bond donors (Lipinski definition) is 1. The van der Waals surface area contributed by atoms with Crippen molar-refractivity contribution in [2.75, 3.05) is 12.4 Å². The van der Waals surface area contributed by atoms with Gasteiger partial charge < -0.3 is 14.8 Å². The second-order valence-electron chi connectivity index (χ2n) is 6.31. The summed E-state index contributed by atoms with van der Waals surface area (Å²) in [6.45, 7) is 10.1. The van der Waals surface area contributed by atoms with Crippen molar-refractivity contribution in [1.82, 2.24) is 0 Å². The molecule has 0 saturated carbocycles. The quantitative estimate of drug-likeness (QED) is 0.717. The molecule has 2 atom stereocenters. The molecular formula is C19H31NO3. The number of nitrogens with one attached hydrogen (secondary N) is 1. The van der Waals surface area contributed by atoms with Gasteiger partial charge in [-0.3, -0.25) is 4.79 Å². The Bertz CT molecular complexity index is 515. The number of carbonyl (C=O) groups is 1. The van der Waals surface area contributed by atoms with Crippen molar-refractivity contribution in [3.8, 4) is 5.75 Å². The number of carbonyl (C=O) groups excluding carboxylic acids is 1. The van der Waals surface area contributed by atoms with Crippen molar-refractivity contribution < 1.29 is 14.3 Å². The van der Waals surface area contributed by atoms with Gasteiger partial charge in [0.25, 0.3) is 5.91 Å². The Morgan fingerprint density at radius 2 is 2.04 bits per heavy atom. The van der Waals surface area contributed by atoms with Crippen molar-refractivity contribution in [3.05, 3.63) is 23.8 Å². The van der Waals surface area contributed by atoms with Gasteiger partial charge in [0.15, 0.2) is 0 Å². The lowest BCUT2D eigenvalue weighted by Crippen LogP contribution is -2.41. The molecule has 0 aliphatic carbocycles. The minimum Gasteiger partial charge on any atom is -0.490 e. The summed E-state index contributed by atoms with van der Waals surface area (Å²) in [6.07, 6.45) is 3.84. The van der Waals surface area contributed by atoms with Gasteiger partial charge in [-0.05, 0) is 57.4 Å². The topological polar surface area (TPSA) is 47.6 Å². The van der Waals surface area contributed by atoms with Crippen LogP contribution in [0.4, 0.5) is 5.69 Å². The van der Waals surface area contributed by atoms with E-state index in [-0.39, 0.29) is 12.0 Å². The van der Waals surface area contributed by atoms with Gasteiger partial charge in [0.2, 0.25) is 0 Å². The monoisotopic (exact) mass is 321 g/mol. The smallest absolute Gasteiger partial charge is 0.256 e. The molecule has 1 aromatic carbocycles. The average Bonchev–Trinajstić information content (AvgIpc) is 2.54. The summed E-state index contributed by atoms with van der Waals surface area (Å²) < 4.78 is 11.3. The molecule has 0 saturated heterocycles. The van der Waals surface area contributed by atoms with Gasteiger partial charge in [-0.1, -0.05) is 26.7 Å². The first-order valence-corrected chi connectivity index (χ1v) is 8.50. The van der Waals surface area contributed by atoms with Crippen molar-refractivity contribution in [2.45, 2.75) is 72.0 Å². The first-order chi connectivity index (χ1) is 10.9. The average molecular weight is 321 g/mol.